The molecular formula is C19H15N3O6. The SMILES string of the molecule is Cc1ccc(C(=O)COC(=O)c2nn(C)c(=O)c3ccccc23)cc1[N+](=O)[O-]. The average molecular weight is 381 g/mol. The number of esters is 1. The van der Waals surface area contributed by atoms with Crippen LogP contribution >= 0.6 is 0 Å². The first-order valence-corrected chi connectivity index (χ1v) is 8.21. The van der Waals surface area contributed by atoms with E-state index in [0.717, 1.165) is 10.7 Å². The van der Waals surface area contributed by atoms with Gasteiger partial charge in [0, 0.05) is 29.6 Å². The molecule has 2 aromatic carbocycles. The van der Waals surface area contributed by atoms with Crippen LogP contribution in [0, 0.1) is 17.0 Å². The second-order valence-electron chi connectivity index (χ2n) is 6.08. The number of Topliss-reactive ketones (excluding diaryl/α,β-unsaturated/α-hetero) is 1. The number of aryl methyl sites for hydroxylation is 2. The summed E-state index contributed by atoms with van der Waals surface area (Å²) in [6.07, 6.45) is 0. The lowest BCUT2D eigenvalue weighted by molar-refractivity contribution is -0.385. The summed E-state index contributed by atoms with van der Waals surface area (Å²) in [5, 5.41) is 15.5. The lowest BCUT2D eigenvalue weighted by Gasteiger charge is -2.08. The summed E-state index contributed by atoms with van der Waals surface area (Å²) in [7, 11) is 1.40. The Bertz CT molecular complexity index is 1180. The zero-order valence-electron chi connectivity index (χ0n) is 15.0. The molecule has 0 N–H and O–H groups in total. The summed E-state index contributed by atoms with van der Waals surface area (Å²) in [4.78, 5) is 47.2. The van der Waals surface area contributed by atoms with Crippen molar-refractivity contribution in [3.63, 3.8) is 0 Å². The van der Waals surface area contributed by atoms with Crippen molar-refractivity contribution in [2.45, 2.75) is 6.92 Å². The molecule has 0 bridgehead atoms. The predicted octanol–water partition coefficient (Wildman–Crippen LogP) is 2.19. The highest BCUT2D eigenvalue weighted by Gasteiger charge is 2.20. The maximum atomic E-state index is 12.4. The van der Waals surface area contributed by atoms with E-state index >= 15 is 0 Å². The van der Waals surface area contributed by atoms with Crippen molar-refractivity contribution < 1.29 is 19.2 Å². The second-order valence-corrected chi connectivity index (χ2v) is 6.08. The highest BCUT2D eigenvalue weighted by molar-refractivity contribution is 6.04. The van der Waals surface area contributed by atoms with Crippen LogP contribution in [0.15, 0.2) is 47.3 Å². The number of rotatable bonds is 5. The number of nitrogens with zero attached hydrogens (tertiary/aromatic N) is 3. The number of carbonyl (C=O) groups is 2. The molecule has 0 fully saturated rings. The van der Waals surface area contributed by atoms with Crippen molar-refractivity contribution in [2.75, 3.05) is 6.61 Å². The molecule has 0 spiro atoms. The van der Waals surface area contributed by atoms with Crippen LogP contribution in [-0.4, -0.2) is 33.1 Å². The van der Waals surface area contributed by atoms with Crippen LogP contribution in [0.4, 0.5) is 5.69 Å². The van der Waals surface area contributed by atoms with E-state index in [2.05, 4.69) is 5.10 Å². The number of fused-ring (bicyclic) bond motifs is 1. The summed E-state index contributed by atoms with van der Waals surface area (Å²) < 4.78 is 6.06. The number of ketones is 1. The highest BCUT2D eigenvalue weighted by Crippen LogP contribution is 2.20. The number of ether oxygens (including phenoxy) is 1. The van der Waals surface area contributed by atoms with E-state index in [1.165, 1.54) is 19.2 Å². The molecular weight excluding hydrogens is 366 g/mol. The Morgan fingerprint density at radius 1 is 1.18 bits per heavy atom. The molecule has 0 unspecified atom stereocenters. The van der Waals surface area contributed by atoms with Gasteiger partial charge in [-0.25, -0.2) is 9.48 Å². The Morgan fingerprint density at radius 3 is 2.54 bits per heavy atom. The van der Waals surface area contributed by atoms with Crippen LogP contribution in [0.5, 0.6) is 0 Å². The monoisotopic (exact) mass is 381 g/mol. The second kappa shape index (κ2) is 7.39. The van der Waals surface area contributed by atoms with Crippen molar-refractivity contribution >= 4 is 28.2 Å². The molecule has 9 nitrogen and oxygen atoms in total. The minimum Gasteiger partial charge on any atom is -0.452 e. The van der Waals surface area contributed by atoms with Gasteiger partial charge in [0.05, 0.1) is 10.3 Å². The van der Waals surface area contributed by atoms with Gasteiger partial charge in [-0.2, -0.15) is 5.10 Å². The fourth-order valence-electron chi connectivity index (χ4n) is 2.71. The first-order chi connectivity index (χ1) is 13.3. The molecule has 0 aliphatic rings. The van der Waals surface area contributed by atoms with Gasteiger partial charge < -0.3 is 4.74 Å². The van der Waals surface area contributed by atoms with Gasteiger partial charge in [-0.3, -0.25) is 19.7 Å². The van der Waals surface area contributed by atoms with E-state index in [9.17, 15) is 24.5 Å². The number of benzene rings is 2. The predicted molar refractivity (Wildman–Crippen MR) is 99.4 cm³/mol. The van der Waals surface area contributed by atoms with Gasteiger partial charge in [0.2, 0.25) is 5.78 Å². The van der Waals surface area contributed by atoms with Crippen molar-refractivity contribution in [1.82, 2.24) is 9.78 Å². The maximum absolute atomic E-state index is 12.4. The molecule has 0 amide bonds. The summed E-state index contributed by atoms with van der Waals surface area (Å²) >= 11 is 0. The van der Waals surface area contributed by atoms with E-state index in [1.807, 2.05) is 0 Å². The quantitative estimate of drug-likeness (QED) is 0.287. The number of nitro benzene ring substituents is 1. The van der Waals surface area contributed by atoms with Crippen LogP contribution in [0.3, 0.4) is 0 Å². The Kier molecular flexibility index (Phi) is 4.99. The van der Waals surface area contributed by atoms with Crippen molar-refractivity contribution in [2.24, 2.45) is 7.05 Å². The summed E-state index contributed by atoms with van der Waals surface area (Å²) in [5.74, 6) is -1.47. The van der Waals surface area contributed by atoms with E-state index < -0.39 is 23.3 Å². The van der Waals surface area contributed by atoms with Gasteiger partial charge in [0.15, 0.2) is 12.3 Å². The fourth-order valence-corrected chi connectivity index (χ4v) is 2.71. The standard InChI is InChI=1S/C19H15N3O6/c1-11-7-8-12(9-15(11)22(26)27)16(23)10-28-19(25)17-13-5-3-4-6-14(13)18(24)21(2)20-17/h3-9H,10H2,1-2H3. The molecule has 0 saturated carbocycles. The third-order valence-corrected chi connectivity index (χ3v) is 4.21. The topological polar surface area (TPSA) is 121 Å². The summed E-state index contributed by atoms with van der Waals surface area (Å²) in [5.41, 5.74) is -0.179. The molecule has 3 rings (SSSR count). The Hall–Kier alpha value is -3.88. The number of nitro groups is 1. The van der Waals surface area contributed by atoms with Gasteiger partial charge in [-0.1, -0.05) is 30.3 Å². The van der Waals surface area contributed by atoms with Crippen LogP contribution in [0.1, 0.15) is 26.4 Å². The first kappa shape index (κ1) is 18.9. The van der Waals surface area contributed by atoms with E-state index in [1.54, 1.807) is 31.2 Å². The first-order valence-electron chi connectivity index (χ1n) is 8.21. The largest absolute Gasteiger partial charge is 0.452 e. The zero-order valence-corrected chi connectivity index (χ0v) is 15.0. The van der Waals surface area contributed by atoms with Crippen LogP contribution in [-0.2, 0) is 11.8 Å². The number of hydrogen-bond donors (Lipinski definition) is 0. The molecule has 1 aromatic heterocycles. The van der Waals surface area contributed by atoms with Gasteiger partial charge in [0.1, 0.15) is 0 Å². The molecule has 0 aliphatic heterocycles. The Morgan fingerprint density at radius 2 is 1.86 bits per heavy atom. The van der Waals surface area contributed by atoms with E-state index in [-0.39, 0.29) is 22.5 Å². The molecule has 0 radical (unpaired) electrons. The molecule has 142 valence electrons. The van der Waals surface area contributed by atoms with Crippen LogP contribution in [0.2, 0.25) is 0 Å². The molecule has 0 aliphatic carbocycles. The van der Waals surface area contributed by atoms with E-state index in [4.69, 9.17) is 4.74 Å². The van der Waals surface area contributed by atoms with Crippen LogP contribution in [0.25, 0.3) is 10.8 Å². The minimum atomic E-state index is -0.873. The fraction of sp³-hybridized carbons (Fsp3) is 0.158. The van der Waals surface area contributed by atoms with Crippen molar-refractivity contribution in [3.8, 4) is 0 Å². The van der Waals surface area contributed by atoms with Gasteiger partial charge in [-0.05, 0) is 13.0 Å². The lowest BCUT2D eigenvalue weighted by Crippen LogP contribution is -2.24. The normalized spacial score (nSPS) is 10.6. The average Bonchev–Trinajstić information content (AvgIpc) is 2.68. The molecule has 1 heterocycles. The smallest absolute Gasteiger partial charge is 0.359 e. The highest BCUT2D eigenvalue weighted by atomic mass is 16.6. The molecule has 0 atom stereocenters. The van der Waals surface area contributed by atoms with Crippen molar-refractivity contribution in [1.29, 1.82) is 0 Å². The molecule has 9 heteroatoms. The van der Waals surface area contributed by atoms with E-state index in [0.29, 0.717) is 16.3 Å². The molecule has 28 heavy (non-hydrogen) atoms. The number of hydrogen-bond acceptors (Lipinski definition) is 7. The Labute approximate surface area is 158 Å². The van der Waals surface area contributed by atoms with Gasteiger partial charge >= 0.3 is 5.97 Å². The summed E-state index contributed by atoms with van der Waals surface area (Å²) in [6.45, 7) is 0.945. The maximum Gasteiger partial charge on any atom is 0.359 e. The zero-order chi connectivity index (χ0) is 20.4. The summed E-state index contributed by atoms with van der Waals surface area (Å²) in [6, 6.07) is 10.5. The Balaban J connectivity index is 1.84. The van der Waals surface area contributed by atoms with Crippen molar-refractivity contribution in [3.05, 3.63) is 79.8 Å². The minimum absolute atomic E-state index is 0.0587. The number of aromatic nitrogens is 2. The molecule has 0 saturated heterocycles. The molecule has 3 aromatic rings. The van der Waals surface area contributed by atoms with Crippen LogP contribution < -0.4 is 5.56 Å². The third-order valence-electron chi connectivity index (χ3n) is 4.21. The number of carbonyl (C=O) groups excluding carboxylic acids is 2. The third kappa shape index (κ3) is 3.50. The van der Waals surface area contributed by atoms with Gasteiger partial charge in [-0.15, -0.1) is 0 Å². The van der Waals surface area contributed by atoms with Gasteiger partial charge in [0.25, 0.3) is 11.2 Å². The lowest BCUT2D eigenvalue weighted by atomic mass is 10.1.